The van der Waals surface area contributed by atoms with E-state index in [0.29, 0.717) is 5.41 Å². The molecule has 21 heavy (non-hydrogen) atoms. The van der Waals surface area contributed by atoms with Gasteiger partial charge >= 0.3 is 0 Å². The van der Waals surface area contributed by atoms with Crippen molar-refractivity contribution in [3.63, 3.8) is 0 Å². The molecule has 0 spiro atoms. The van der Waals surface area contributed by atoms with Crippen molar-refractivity contribution in [1.82, 2.24) is 0 Å². The number of benzene rings is 1. The number of rotatable bonds is 5. The van der Waals surface area contributed by atoms with Gasteiger partial charge < -0.3 is 4.74 Å². The maximum atomic E-state index is 6.03. The van der Waals surface area contributed by atoms with Gasteiger partial charge in [-0.3, -0.25) is 0 Å². The molecule has 0 aliphatic carbocycles. The van der Waals surface area contributed by atoms with Crippen LogP contribution in [-0.2, 0) is 0 Å². The van der Waals surface area contributed by atoms with Gasteiger partial charge in [-0.25, -0.2) is 0 Å². The average Bonchev–Trinajstić information content (AvgIpc) is 2.35. The van der Waals surface area contributed by atoms with Crippen molar-refractivity contribution in [1.29, 1.82) is 0 Å². The molecule has 0 heterocycles. The summed E-state index contributed by atoms with van der Waals surface area (Å²) < 4.78 is 6.03. The Balaban J connectivity index is 2.97. The average molecular weight is 288 g/mol. The van der Waals surface area contributed by atoms with E-state index in [9.17, 15) is 0 Å². The van der Waals surface area contributed by atoms with E-state index in [1.807, 2.05) is 0 Å². The second kappa shape index (κ2) is 6.68. The van der Waals surface area contributed by atoms with Crippen molar-refractivity contribution < 1.29 is 4.74 Å². The highest BCUT2D eigenvalue weighted by Gasteiger charge is 2.18. The van der Waals surface area contributed by atoms with Crippen LogP contribution in [0, 0.1) is 5.41 Å². The van der Waals surface area contributed by atoms with Gasteiger partial charge in [-0.05, 0) is 69.2 Å². The van der Waals surface area contributed by atoms with Crippen molar-refractivity contribution in [2.24, 2.45) is 5.41 Å². The van der Waals surface area contributed by atoms with Gasteiger partial charge in [0.15, 0.2) is 0 Å². The van der Waals surface area contributed by atoms with Crippen molar-refractivity contribution in [3.05, 3.63) is 35.4 Å². The van der Waals surface area contributed by atoms with Gasteiger partial charge in [0.1, 0.15) is 11.4 Å². The molecule has 118 valence electrons. The number of ether oxygens (including phenoxy) is 1. The van der Waals surface area contributed by atoms with Crippen molar-refractivity contribution in [2.75, 3.05) is 0 Å². The molecule has 0 N–H and O–H groups in total. The monoisotopic (exact) mass is 288 g/mol. The lowest BCUT2D eigenvalue weighted by Crippen LogP contribution is -2.26. The molecule has 0 unspecified atom stereocenters. The second-order valence-corrected chi connectivity index (χ2v) is 7.96. The van der Waals surface area contributed by atoms with Gasteiger partial charge in [-0.2, -0.15) is 0 Å². The van der Waals surface area contributed by atoms with Crippen LogP contribution < -0.4 is 4.74 Å². The zero-order valence-corrected chi connectivity index (χ0v) is 15.1. The third kappa shape index (κ3) is 5.95. The van der Waals surface area contributed by atoms with Gasteiger partial charge in [0.25, 0.3) is 0 Å². The largest absolute Gasteiger partial charge is 0.488 e. The van der Waals surface area contributed by atoms with Crippen LogP contribution in [0.1, 0.15) is 73.8 Å². The molecule has 0 amide bonds. The minimum Gasteiger partial charge on any atom is -0.488 e. The topological polar surface area (TPSA) is 9.23 Å². The lowest BCUT2D eigenvalue weighted by atomic mass is 9.83. The van der Waals surface area contributed by atoms with E-state index in [4.69, 9.17) is 4.74 Å². The fraction of sp³-hybridized carbons (Fsp3) is 0.600. The van der Waals surface area contributed by atoms with E-state index in [0.717, 1.165) is 18.6 Å². The van der Waals surface area contributed by atoms with Crippen LogP contribution in [0.15, 0.2) is 29.8 Å². The standard InChI is InChI=1S/C20H32O/c1-9-20(7,8)21-17-12-10-16(11-13-17)18(15(2)3)14-19(4,5)6/h10-13H,9,14H2,1-8H3. The molecule has 0 aliphatic rings. The first-order valence-electron chi connectivity index (χ1n) is 8.00. The first-order chi connectivity index (χ1) is 9.54. The zero-order chi connectivity index (χ0) is 16.3. The fourth-order valence-corrected chi connectivity index (χ4v) is 2.21. The molecular weight excluding hydrogens is 256 g/mol. The third-order valence-electron chi connectivity index (χ3n) is 3.76. The molecule has 0 aromatic heterocycles. The predicted molar refractivity (Wildman–Crippen MR) is 93.8 cm³/mol. The summed E-state index contributed by atoms with van der Waals surface area (Å²) in [6, 6.07) is 8.57. The highest BCUT2D eigenvalue weighted by atomic mass is 16.5. The summed E-state index contributed by atoms with van der Waals surface area (Å²) in [7, 11) is 0. The SMILES string of the molecule is CCC(C)(C)Oc1ccc(C(CC(C)(C)C)=C(C)C)cc1. The van der Waals surface area contributed by atoms with E-state index >= 15 is 0 Å². The Morgan fingerprint density at radius 3 is 1.86 bits per heavy atom. The minimum atomic E-state index is -0.105. The minimum absolute atomic E-state index is 0.105. The zero-order valence-electron chi connectivity index (χ0n) is 15.1. The van der Waals surface area contributed by atoms with Crippen molar-refractivity contribution in [3.8, 4) is 5.75 Å². The highest BCUT2D eigenvalue weighted by Crippen LogP contribution is 2.33. The van der Waals surface area contributed by atoms with Gasteiger partial charge in [0.2, 0.25) is 0 Å². The summed E-state index contributed by atoms with van der Waals surface area (Å²) in [6.07, 6.45) is 2.09. The van der Waals surface area contributed by atoms with Crippen LogP contribution >= 0.6 is 0 Å². The lowest BCUT2D eigenvalue weighted by Gasteiger charge is -2.25. The molecule has 0 saturated heterocycles. The summed E-state index contributed by atoms with van der Waals surface area (Å²) in [4.78, 5) is 0. The lowest BCUT2D eigenvalue weighted by molar-refractivity contribution is 0.105. The van der Waals surface area contributed by atoms with Crippen LogP contribution in [-0.4, -0.2) is 5.60 Å². The Morgan fingerprint density at radius 1 is 0.952 bits per heavy atom. The van der Waals surface area contributed by atoms with Crippen LogP contribution in [0.25, 0.3) is 5.57 Å². The third-order valence-corrected chi connectivity index (χ3v) is 3.76. The fourth-order valence-electron chi connectivity index (χ4n) is 2.21. The maximum Gasteiger partial charge on any atom is 0.120 e. The van der Waals surface area contributed by atoms with Crippen LogP contribution in [0.2, 0.25) is 0 Å². The highest BCUT2D eigenvalue weighted by molar-refractivity contribution is 5.68. The first-order valence-corrected chi connectivity index (χ1v) is 8.00. The Kier molecular flexibility index (Phi) is 5.67. The smallest absolute Gasteiger partial charge is 0.120 e. The molecule has 1 aromatic rings. The number of allylic oxidation sites excluding steroid dienone is 2. The van der Waals surface area contributed by atoms with Crippen LogP contribution in [0.3, 0.4) is 0 Å². The quantitative estimate of drug-likeness (QED) is 0.602. The molecule has 1 nitrogen and oxygen atoms in total. The summed E-state index contributed by atoms with van der Waals surface area (Å²) in [6.45, 7) is 17.7. The molecule has 0 aliphatic heterocycles. The Morgan fingerprint density at radius 2 is 1.48 bits per heavy atom. The molecule has 1 heteroatoms. The second-order valence-electron chi connectivity index (χ2n) is 7.96. The number of hydrogen-bond donors (Lipinski definition) is 0. The maximum absolute atomic E-state index is 6.03. The summed E-state index contributed by atoms with van der Waals surface area (Å²) in [5, 5.41) is 0. The Hall–Kier alpha value is -1.24. The van der Waals surface area contributed by atoms with E-state index < -0.39 is 0 Å². The van der Waals surface area contributed by atoms with E-state index in [1.54, 1.807) is 0 Å². The van der Waals surface area contributed by atoms with Crippen molar-refractivity contribution >= 4 is 5.57 Å². The van der Waals surface area contributed by atoms with Crippen LogP contribution in [0.5, 0.6) is 5.75 Å². The van der Waals surface area contributed by atoms with E-state index in [1.165, 1.54) is 16.7 Å². The summed E-state index contributed by atoms with van der Waals surface area (Å²) in [5.41, 5.74) is 4.35. The van der Waals surface area contributed by atoms with E-state index in [2.05, 4.69) is 79.7 Å². The van der Waals surface area contributed by atoms with Crippen molar-refractivity contribution in [2.45, 2.75) is 73.8 Å². The van der Waals surface area contributed by atoms with Gasteiger partial charge in [0.05, 0.1) is 0 Å². The molecule has 1 rings (SSSR count). The normalized spacial score (nSPS) is 12.2. The molecule has 0 atom stereocenters. The molecule has 0 bridgehead atoms. The first kappa shape index (κ1) is 17.8. The van der Waals surface area contributed by atoms with E-state index in [-0.39, 0.29) is 5.60 Å². The van der Waals surface area contributed by atoms with Crippen LogP contribution in [0.4, 0.5) is 0 Å². The number of hydrogen-bond acceptors (Lipinski definition) is 1. The van der Waals surface area contributed by atoms with Gasteiger partial charge in [0, 0.05) is 0 Å². The van der Waals surface area contributed by atoms with Gasteiger partial charge in [-0.15, -0.1) is 0 Å². The predicted octanol–water partition coefficient (Wildman–Crippen LogP) is 6.48. The molecular formula is C20H32O. The summed E-state index contributed by atoms with van der Waals surface area (Å²) >= 11 is 0. The summed E-state index contributed by atoms with van der Waals surface area (Å²) in [5.74, 6) is 0.953. The Bertz CT molecular complexity index is 480. The molecule has 0 saturated carbocycles. The molecule has 0 fully saturated rings. The Labute approximate surface area is 131 Å². The molecule has 0 radical (unpaired) electrons. The molecule has 1 aromatic carbocycles. The van der Waals surface area contributed by atoms with Gasteiger partial charge in [-0.1, -0.05) is 45.4 Å².